The third-order valence-corrected chi connectivity index (χ3v) is 4.56. The first-order chi connectivity index (χ1) is 11.8. The van der Waals surface area contributed by atoms with Gasteiger partial charge in [0, 0.05) is 38.4 Å². The zero-order valence-electron chi connectivity index (χ0n) is 13.6. The number of rotatable bonds is 5. The molecule has 4 rings (SSSR count). The summed E-state index contributed by atoms with van der Waals surface area (Å²) in [6, 6.07) is 8.24. The van der Waals surface area contributed by atoms with Crippen molar-refractivity contribution in [3.63, 3.8) is 0 Å². The van der Waals surface area contributed by atoms with Crippen molar-refractivity contribution in [3.05, 3.63) is 48.0 Å². The molecule has 0 aromatic carbocycles. The van der Waals surface area contributed by atoms with E-state index in [2.05, 4.69) is 15.2 Å². The summed E-state index contributed by atoms with van der Waals surface area (Å²) in [5.41, 5.74) is 0.663. The van der Waals surface area contributed by atoms with Crippen LogP contribution in [0.4, 0.5) is 5.82 Å². The molecule has 1 saturated carbocycles. The topological polar surface area (TPSA) is 61.6 Å². The summed E-state index contributed by atoms with van der Waals surface area (Å²) in [5, 5.41) is 3.34. The van der Waals surface area contributed by atoms with Gasteiger partial charge >= 0.3 is 0 Å². The zero-order valence-corrected chi connectivity index (χ0v) is 13.6. The molecule has 0 bridgehead atoms. The molecule has 2 fully saturated rings. The van der Waals surface area contributed by atoms with Crippen molar-refractivity contribution in [1.29, 1.82) is 0 Å². The second-order valence-electron chi connectivity index (χ2n) is 6.50. The fraction of sp³-hybridized carbons (Fsp3) is 0.444. The maximum Gasteiger partial charge on any atom is 0.255 e. The van der Waals surface area contributed by atoms with Crippen molar-refractivity contribution >= 4 is 11.7 Å². The average molecular weight is 326 g/mol. The summed E-state index contributed by atoms with van der Waals surface area (Å²) in [6.07, 6.45) is 5.81. The number of hydrogen-bond donors (Lipinski definition) is 1. The third kappa shape index (κ3) is 3.59. The first-order valence-electron chi connectivity index (χ1n) is 8.54. The van der Waals surface area contributed by atoms with E-state index in [0.717, 1.165) is 44.3 Å². The summed E-state index contributed by atoms with van der Waals surface area (Å²) in [4.78, 5) is 21.2. The number of hydrogen-bond acceptors (Lipinski definition) is 5. The van der Waals surface area contributed by atoms with Crippen molar-refractivity contribution in [2.75, 3.05) is 31.5 Å². The fourth-order valence-electron chi connectivity index (χ4n) is 2.96. The quantitative estimate of drug-likeness (QED) is 0.913. The van der Waals surface area contributed by atoms with Gasteiger partial charge in [-0.3, -0.25) is 9.69 Å². The predicted octanol–water partition coefficient (Wildman–Crippen LogP) is 2.21. The van der Waals surface area contributed by atoms with Gasteiger partial charge in [0.05, 0.1) is 18.4 Å². The number of carbonyl (C=O) groups excluding carboxylic acids is 1. The molecule has 3 heterocycles. The van der Waals surface area contributed by atoms with Crippen LogP contribution in [0.25, 0.3) is 0 Å². The molecule has 0 atom stereocenters. The van der Waals surface area contributed by atoms with Crippen LogP contribution in [0.5, 0.6) is 0 Å². The van der Waals surface area contributed by atoms with E-state index in [9.17, 15) is 4.79 Å². The fourth-order valence-corrected chi connectivity index (χ4v) is 2.96. The lowest BCUT2D eigenvalue weighted by atomic mass is 10.2. The van der Waals surface area contributed by atoms with Crippen LogP contribution in [0.2, 0.25) is 0 Å². The van der Waals surface area contributed by atoms with Crippen molar-refractivity contribution in [3.8, 4) is 0 Å². The SMILES string of the molecule is O=C(c1ccc(NC2CC2)nc1)N1CCN(Cc2ccco2)CC1. The number of aromatic nitrogens is 1. The second kappa shape index (κ2) is 6.65. The molecule has 24 heavy (non-hydrogen) atoms. The molecule has 2 aliphatic rings. The Kier molecular flexibility index (Phi) is 4.21. The number of nitrogens with one attached hydrogen (secondary N) is 1. The maximum atomic E-state index is 12.6. The number of carbonyl (C=O) groups is 1. The van der Waals surface area contributed by atoms with Crippen molar-refractivity contribution in [2.24, 2.45) is 0 Å². The molecule has 0 radical (unpaired) electrons. The van der Waals surface area contributed by atoms with E-state index in [1.54, 1.807) is 12.5 Å². The molecule has 0 unspecified atom stereocenters. The van der Waals surface area contributed by atoms with E-state index < -0.39 is 0 Å². The molecule has 126 valence electrons. The van der Waals surface area contributed by atoms with E-state index in [1.807, 2.05) is 29.2 Å². The van der Waals surface area contributed by atoms with E-state index in [0.29, 0.717) is 11.6 Å². The standard InChI is InChI=1S/C18H22N4O2/c23-18(14-3-6-17(19-12-14)20-15-4-5-15)22-9-7-21(8-10-22)13-16-2-1-11-24-16/h1-3,6,11-12,15H,4-5,7-10,13H2,(H,19,20). The van der Waals surface area contributed by atoms with E-state index >= 15 is 0 Å². The minimum Gasteiger partial charge on any atom is -0.468 e. The van der Waals surface area contributed by atoms with Crippen molar-refractivity contribution < 1.29 is 9.21 Å². The van der Waals surface area contributed by atoms with Crippen LogP contribution in [0.15, 0.2) is 41.1 Å². The van der Waals surface area contributed by atoms with Gasteiger partial charge in [-0.2, -0.15) is 0 Å². The highest BCUT2D eigenvalue weighted by Gasteiger charge is 2.24. The van der Waals surface area contributed by atoms with Crippen LogP contribution in [0.1, 0.15) is 29.0 Å². The maximum absolute atomic E-state index is 12.6. The van der Waals surface area contributed by atoms with Gasteiger partial charge in [-0.25, -0.2) is 4.98 Å². The predicted molar refractivity (Wildman–Crippen MR) is 90.8 cm³/mol. The molecule has 1 amide bonds. The largest absolute Gasteiger partial charge is 0.468 e. The Morgan fingerprint density at radius 1 is 1.21 bits per heavy atom. The van der Waals surface area contributed by atoms with Gasteiger partial charge in [0.2, 0.25) is 0 Å². The van der Waals surface area contributed by atoms with Crippen LogP contribution in [0, 0.1) is 0 Å². The number of furan rings is 1. The molecule has 1 aliphatic carbocycles. The second-order valence-corrected chi connectivity index (χ2v) is 6.50. The molecule has 1 aliphatic heterocycles. The van der Waals surface area contributed by atoms with Gasteiger partial charge in [-0.15, -0.1) is 0 Å². The Labute approximate surface area is 141 Å². The number of pyridine rings is 1. The molecule has 6 nitrogen and oxygen atoms in total. The number of amides is 1. The van der Waals surface area contributed by atoms with E-state index in [4.69, 9.17) is 4.42 Å². The number of anilines is 1. The highest BCUT2D eigenvalue weighted by atomic mass is 16.3. The smallest absolute Gasteiger partial charge is 0.255 e. The number of piperazine rings is 1. The van der Waals surface area contributed by atoms with Gasteiger partial charge in [-0.05, 0) is 37.1 Å². The van der Waals surface area contributed by atoms with Crippen molar-refractivity contribution in [2.45, 2.75) is 25.4 Å². The van der Waals surface area contributed by atoms with E-state index in [1.165, 1.54) is 12.8 Å². The Balaban J connectivity index is 1.30. The minimum atomic E-state index is 0.0677. The Morgan fingerprint density at radius 3 is 2.67 bits per heavy atom. The lowest BCUT2D eigenvalue weighted by Gasteiger charge is -2.34. The molecule has 2 aromatic rings. The Hall–Kier alpha value is -2.34. The molecule has 1 N–H and O–H groups in total. The summed E-state index contributed by atoms with van der Waals surface area (Å²) >= 11 is 0. The normalized spacial score (nSPS) is 18.6. The minimum absolute atomic E-state index is 0.0677. The molecular formula is C18H22N4O2. The third-order valence-electron chi connectivity index (χ3n) is 4.56. The van der Waals surface area contributed by atoms with Crippen LogP contribution in [0.3, 0.4) is 0 Å². The first kappa shape index (κ1) is 15.2. The summed E-state index contributed by atoms with van der Waals surface area (Å²) in [7, 11) is 0. The molecular weight excluding hydrogens is 304 g/mol. The number of nitrogens with zero attached hydrogens (tertiary/aromatic N) is 3. The summed E-state index contributed by atoms with van der Waals surface area (Å²) < 4.78 is 5.39. The average Bonchev–Trinajstić information content (AvgIpc) is 3.28. The van der Waals surface area contributed by atoms with Crippen LogP contribution < -0.4 is 5.32 Å². The molecule has 1 saturated heterocycles. The highest BCUT2D eigenvalue weighted by molar-refractivity contribution is 5.94. The molecule has 6 heteroatoms. The molecule has 2 aromatic heterocycles. The Bertz CT molecular complexity index is 672. The lowest BCUT2D eigenvalue weighted by Crippen LogP contribution is -2.48. The van der Waals surface area contributed by atoms with Gasteiger partial charge in [0.25, 0.3) is 5.91 Å². The Morgan fingerprint density at radius 2 is 2.04 bits per heavy atom. The van der Waals surface area contributed by atoms with Crippen molar-refractivity contribution in [1.82, 2.24) is 14.8 Å². The van der Waals surface area contributed by atoms with Crippen LogP contribution in [-0.4, -0.2) is 52.9 Å². The highest BCUT2D eigenvalue weighted by Crippen LogP contribution is 2.23. The lowest BCUT2D eigenvalue weighted by molar-refractivity contribution is 0.0620. The van der Waals surface area contributed by atoms with Crippen LogP contribution >= 0.6 is 0 Å². The first-order valence-corrected chi connectivity index (χ1v) is 8.54. The van der Waals surface area contributed by atoms with Gasteiger partial charge < -0.3 is 14.6 Å². The molecule has 0 spiro atoms. The van der Waals surface area contributed by atoms with E-state index in [-0.39, 0.29) is 5.91 Å². The summed E-state index contributed by atoms with van der Waals surface area (Å²) in [5.74, 6) is 1.90. The monoisotopic (exact) mass is 326 g/mol. The van der Waals surface area contributed by atoms with Gasteiger partial charge in [0.15, 0.2) is 0 Å². The van der Waals surface area contributed by atoms with Gasteiger partial charge in [-0.1, -0.05) is 0 Å². The van der Waals surface area contributed by atoms with Crippen LogP contribution in [-0.2, 0) is 6.54 Å². The summed E-state index contributed by atoms with van der Waals surface area (Å²) in [6.45, 7) is 4.00. The zero-order chi connectivity index (χ0) is 16.4. The van der Waals surface area contributed by atoms with Gasteiger partial charge in [0.1, 0.15) is 11.6 Å².